The summed E-state index contributed by atoms with van der Waals surface area (Å²) in [5.74, 6) is 2.23. The summed E-state index contributed by atoms with van der Waals surface area (Å²) in [6.45, 7) is 2.18. The van der Waals surface area contributed by atoms with Crippen molar-refractivity contribution in [2.75, 3.05) is 11.5 Å². The third-order valence-corrected chi connectivity index (χ3v) is 4.61. The lowest BCUT2D eigenvalue weighted by atomic mass is 9.84. The quantitative estimate of drug-likeness (QED) is 0.817. The summed E-state index contributed by atoms with van der Waals surface area (Å²) in [4.78, 5) is 4.48. The number of pyridine rings is 1. The molecule has 0 bridgehead atoms. The first kappa shape index (κ1) is 12.9. The molecule has 3 heteroatoms. The Labute approximate surface area is 108 Å². The van der Waals surface area contributed by atoms with E-state index >= 15 is 0 Å². The number of rotatable bonds is 5. The second-order valence-corrected chi connectivity index (χ2v) is 5.84. The van der Waals surface area contributed by atoms with Crippen molar-refractivity contribution in [3.8, 4) is 0 Å². The maximum Gasteiger partial charge on any atom is 0.0714 e. The van der Waals surface area contributed by atoms with Crippen LogP contribution in [0, 0.1) is 0 Å². The molecule has 1 aliphatic carbocycles. The number of thioether (sulfide) groups is 1. The van der Waals surface area contributed by atoms with Gasteiger partial charge in [-0.3, -0.25) is 4.98 Å². The topological polar surface area (TPSA) is 33.1 Å². The Morgan fingerprint density at radius 3 is 3.29 bits per heavy atom. The minimum absolute atomic E-state index is 0.236. The Bertz CT molecular complexity index is 356. The lowest BCUT2D eigenvalue weighted by molar-refractivity contribution is 0.155. The summed E-state index contributed by atoms with van der Waals surface area (Å²) in [6.07, 6.45) is 6.17. The Kier molecular flexibility index (Phi) is 4.86. The molecule has 0 amide bonds. The first-order valence-electron chi connectivity index (χ1n) is 6.52. The molecule has 2 rings (SSSR count). The molecule has 0 aliphatic heterocycles. The van der Waals surface area contributed by atoms with E-state index in [1.165, 1.54) is 18.4 Å². The fourth-order valence-electron chi connectivity index (χ4n) is 2.48. The van der Waals surface area contributed by atoms with Gasteiger partial charge in [0.1, 0.15) is 0 Å². The van der Waals surface area contributed by atoms with E-state index in [1.807, 2.05) is 24.0 Å². The van der Waals surface area contributed by atoms with E-state index in [1.54, 1.807) is 0 Å². The highest BCUT2D eigenvalue weighted by Gasteiger charge is 2.27. The van der Waals surface area contributed by atoms with Gasteiger partial charge in [-0.15, -0.1) is 0 Å². The van der Waals surface area contributed by atoms with Crippen molar-refractivity contribution < 1.29 is 5.11 Å². The summed E-state index contributed by atoms with van der Waals surface area (Å²) in [5.41, 5.74) is 2.48. The van der Waals surface area contributed by atoms with Crippen molar-refractivity contribution in [3.63, 3.8) is 0 Å². The summed E-state index contributed by atoms with van der Waals surface area (Å²) in [6, 6.07) is 4.15. The Balaban J connectivity index is 2.02. The Morgan fingerprint density at radius 2 is 2.47 bits per heavy atom. The molecule has 0 saturated heterocycles. The first-order chi connectivity index (χ1) is 8.33. The van der Waals surface area contributed by atoms with Crippen molar-refractivity contribution >= 4 is 11.8 Å². The fraction of sp³-hybridized carbons (Fsp3) is 0.643. The number of aliphatic hydroxyl groups excluding tert-OH is 1. The van der Waals surface area contributed by atoms with Crippen LogP contribution in [-0.4, -0.2) is 27.7 Å². The maximum absolute atomic E-state index is 10.3. The lowest BCUT2D eigenvalue weighted by Gasteiger charge is -2.28. The minimum Gasteiger partial charge on any atom is -0.392 e. The number of nitrogens with zero attached hydrogens (tertiary/aromatic N) is 1. The van der Waals surface area contributed by atoms with Crippen LogP contribution in [0.2, 0.25) is 0 Å². The van der Waals surface area contributed by atoms with E-state index in [2.05, 4.69) is 18.0 Å². The average molecular weight is 251 g/mol. The molecule has 94 valence electrons. The normalized spacial score (nSPS) is 20.9. The second-order valence-electron chi connectivity index (χ2n) is 4.69. The molecule has 0 saturated carbocycles. The number of aromatic nitrogens is 1. The van der Waals surface area contributed by atoms with Crippen LogP contribution in [0.15, 0.2) is 18.3 Å². The third kappa shape index (κ3) is 3.23. The van der Waals surface area contributed by atoms with E-state index in [0.717, 1.165) is 30.0 Å². The van der Waals surface area contributed by atoms with Gasteiger partial charge in [-0.2, -0.15) is 11.8 Å². The average Bonchev–Trinajstić information content (AvgIpc) is 2.38. The molecule has 17 heavy (non-hydrogen) atoms. The van der Waals surface area contributed by atoms with Crippen molar-refractivity contribution in [3.05, 3.63) is 29.6 Å². The molecular weight excluding hydrogens is 230 g/mol. The van der Waals surface area contributed by atoms with E-state index < -0.39 is 0 Å². The highest BCUT2D eigenvalue weighted by Crippen LogP contribution is 2.33. The molecule has 1 heterocycles. The van der Waals surface area contributed by atoms with Crippen LogP contribution >= 0.6 is 11.8 Å². The largest absolute Gasteiger partial charge is 0.392 e. The van der Waals surface area contributed by atoms with Gasteiger partial charge in [0.25, 0.3) is 0 Å². The van der Waals surface area contributed by atoms with Crippen LogP contribution in [0.5, 0.6) is 0 Å². The smallest absolute Gasteiger partial charge is 0.0714 e. The SMILES string of the molecule is CCCSCC(O)C1CCCc2cccnc21. The summed E-state index contributed by atoms with van der Waals surface area (Å²) in [7, 11) is 0. The number of hydrogen-bond donors (Lipinski definition) is 1. The van der Waals surface area contributed by atoms with E-state index in [0.29, 0.717) is 0 Å². The van der Waals surface area contributed by atoms with E-state index in [4.69, 9.17) is 0 Å². The third-order valence-electron chi connectivity index (χ3n) is 3.34. The predicted molar refractivity (Wildman–Crippen MR) is 73.5 cm³/mol. The summed E-state index contributed by atoms with van der Waals surface area (Å²) in [5, 5.41) is 10.3. The first-order valence-corrected chi connectivity index (χ1v) is 7.68. The number of aliphatic hydroxyl groups is 1. The number of aryl methyl sites for hydroxylation is 1. The van der Waals surface area contributed by atoms with Crippen LogP contribution in [0.3, 0.4) is 0 Å². The Morgan fingerprint density at radius 1 is 1.59 bits per heavy atom. The van der Waals surface area contributed by atoms with Crippen LogP contribution in [0.25, 0.3) is 0 Å². The molecule has 2 unspecified atom stereocenters. The minimum atomic E-state index is -0.236. The number of hydrogen-bond acceptors (Lipinski definition) is 3. The highest BCUT2D eigenvalue weighted by molar-refractivity contribution is 7.99. The Hall–Kier alpha value is -0.540. The zero-order valence-corrected chi connectivity index (χ0v) is 11.2. The van der Waals surface area contributed by atoms with Gasteiger partial charge >= 0.3 is 0 Å². The van der Waals surface area contributed by atoms with Gasteiger partial charge in [-0.05, 0) is 43.1 Å². The zero-order chi connectivity index (χ0) is 12.1. The zero-order valence-electron chi connectivity index (χ0n) is 10.4. The van der Waals surface area contributed by atoms with Crippen LogP contribution < -0.4 is 0 Å². The van der Waals surface area contributed by atoms with Gasteiger partial charge in [0.15, 0.2) is 0 Å². The van der Waals surface area contributed by atoms with Gasteiger partial charge in [0.05, 0.1) is 6.10 Å². The van der Waals surface area contributed by atoms with Gasteiger partial charge in [0.2, 0.25) is 0 Å². The molecule has 0 radical (unpaired) electrons. The molecule has 0 fully saturated rings. The van der Waals surface area contributed by atoms with Crippen LogP contribution in [0.4, 0.5) is 0 Å². The molecule has 2 nitrogen and oxygen atoms in total. The van der Waals surface area contributed by atoms with E-state index in [-0.39, 0.29) is 12.0 Å². The number of fused-ring (bicyclic) bond motifs is 1. The second kappa shape index (κ2) is 6.41. The molecule has 0 spiro atoms. The van der Waals surface area contributed by atoms with Crippen LogP contribution in [0.1, 0.15) is 43.4 Å². The van der Waals surface area contributed by atoms with Crippen LogP contribution in [-0.2, 0) is 6.42 Å². The predicted octanol–water partition coefficient (Wildman–Crippen LogP) is 3.01. The van der Waals surface area contributed by atoms with Crippen molar-refractivity contribution in [2.45, 2.75) is 44.6 Å². The van der Waals surface area contributed by atoms with Gasteiger partial charge < -0.3 is 5.11 Å². The highest BCUT2D eigenvalue weighted by atomic mass is 32.2. The summed E-state index contributed by atoms with van der Waals surface area (Å²) < 4.78 is 0. The van der Waals surface area contributed by atoms with Crippen molar-refractivity contribution in [2.24, 2.45) is 0 Å². The standard InChI is InChI=1S/C14H21NOS/c1-2-9-17-10-13(16)12-7-3-5-11-6-4-8-15-14(11)12/h4,6,8,12-13,16H,2-3,5,7,9-10H2,1H3. The molecule has 1 aromatic rings. The molecule has 1 N–H and O–H groups in total. The molecule has 1 aromatic heterocycles. The van der Waals surface area contributed by atoms with Crippen molar-refractivity contribution in [1.29, 1.82) is 0 Å². The molecule has 0 aromatic carbocycles. The van der Waals surface area contributed by atoms with Gasteiger partial charge in [-0.1, -0.05) is 13.0 Å². The maximum atomic E-state index is 10.3. The molecule has 1 aliphatic rings. The lowest BCUT2D eigenvalue weighted by Crippen LogP contribution is -2.26. The van der Waals surface area contributed by atoms with E-state index in [9.17, 15) is 5.11 Å². The molecule has 2 atom stereocenters. The van der Waals surface area contributed by atoms with Gasteiger partial charge in [-0.25, -0.2) is 0 Å². The molecular formula is C14H21NOS. The fourth-order valence-corrected chi connectivity index (χ4v) is 3.41. The summed E-state index contributed by atoms with van der Waals surface area (Å²) >= 11 is 1.85. The van der Waals surface area contributed by atoms with Gasteiger partial charge in [0, 0.05) is 23.6 Å². The van der Waals surface area contributed by atoms with Crippen molar-refractivity contribution in [1.82, 2.24) is 4.98 Å². The monoisotopic (exact) mass is 251 g/mol.